The number of hydrogen-bond donors (Lipinski definition) is 1. The van der Waals surface area contributed by atoms with E-state index in [4.69, 9.17) is 15.0 Å². The Morgan fingerprint density at radius 2 is 1.82 bits per heavy atom. The van der Waals surface area contributed by atoms with Crippen LogP contribution in [-0.4, -0.2) is 58.7 Å². The van der Waals surface area contributed by atoms with Gasteiger partial charge >= 0.3 is 0 Å². The van der Waals surface area contributed by atoms with Crippen molar-refractivity contribution in [2.24, 2.45) is 11.8 Å². The standard InChI is InChI=1S/C28H36N8OS/c1-16-23(24(20-5-6-20)32-15-31-16)25-30-14-22-27(34-25)36(17(2)19-3-4-19)28(37)26(33-22)29-13-18-9-11-35(12-10-18)38-21-7-8-21/h14-15,17-21H,3-13H2,1-2H3,(H,29,33). The molecule has 0 amide bonds. The SMILES string of the molecule is Cc1ncnc(C2CC2)c1-c1ncc2nc(NCC3CCN(SC4CC4)CC3)c(=O)n(C(C)C3CC3)c2n1. The molecule has 200 valence electrons. The van der Waals surface area contributed by atoms with E-state index in [9.17, 15) is 4.79 Å². The first-order valence-electron chi connectivity index (χ1n) is 14.3. The minimum atomic E-state index is -0.0771. The molecule has 7 rings (SSSR count). The van der Waals surface area contributed by atoms with Crippen LogP contribution in [0, 0.1) is 18.8 Å². The number of hydrogen-bond acceptors (Lipinski definition) is 9. The van der Waals surface area contributed by atoms with Crippen LogP contribution in [0.15, 0.2) is 17.3 Å². The maximum atomic E-state index is 13.9. The predicted octanol–water partition coefficient (Wildman–Crippen LogP) is 4.73. The van der Waals surface area contributed by atoms with Gasteiger partial charge in [-0.2, -0.15) is 0 Å². The molecule has 1 unspecified atom stereocenters. The fourth-order valence-corrected chi connectivity index (χ4v) is 6.87. The molecule has 4 aliphatic rings. The molecule has 1 N–H and O–H groups in total. The molecule has 3 aliphatic carbocycles. The van der Waals surface area contributed by atoms with E-state index in [-0.39, 0.29) is 11.6 Å². The van der Waals surface area contributed by atoms with Crippen LogP contribution < -0.4 is 10.9 Å². The summed E-state index contributed by atoms with van der Waals surface area (Å²) in [7, 11) is 0. The van der Waals surface area contributed by atoms with E-state index in [2.05, 4.69) is 38.5 Å². The van der Waals surface area contributed by atoms with E-state index in [0.29, 0.717) is 40.6 Å². The first-order chi connectivity index (χ1) is 18.5. The summed E-state index contributed by atoms with van der Waals surface area (Å²) in [6.45, 7) is 7.16. The molecule has 38 heavy (non-hydrogen) atoms. The van der Waals surface area contributed by atoms with Gasteiger partial charge in [0.2, 0.25) is 0 Å². The van der Waals surface area contributed by atoms with Crippen molar-refractivity contribution in [1.82, 2.24) is 33.8 Å². The van der Waals surface area contributed by atoms with E-state index in [0.717, 1.165) is 80.4 Å². The van der Waals surface area contributed by atoms with Crippen molar-refractivity contribution >= 4 is 28.9 Å². The Hall–Kier alpha value is -2.59. The Labute approximate surface area is 227 Å². The number of fused-ring (bicyclic) bond motifs is 1. The fraction of sp³-hybridized carbons (Fsp3) is 0.643. The van der Waals surface area contributed by atoms with Gasteiger partial charge in [-0.3, -0.25) is 13.7 Å². The summed E-state index contributed by atoms with van der Waals surface area (Å²) in [5.74, 6) is 2.52. The second kappa shape index (κ2) is 9.86. The highest BCUT2D eigenvalue weighted by Crippen LogP contribution is 2.44. The number of nitrogens with one attached hydrogen (secondary N) is 1. The molecular formula is C28H36N8OS. The number of anilines is 1. The van der Waals surface area contributed by atoms with Crippen LogP contribution in [0.2, 0.25) is 0 Å². The number of aromatic nitrogens is 6. The maximum Gasteiger partial charge on any atom is 0.295 e. The molecule has 0 radical (unpaired) electrons. The normalized spacial score (nSPS) is 21.6. The van der Waals surface area contributed by atoms with Gasteiger partial charge in [0, 0.05) is 36.8 Å². The fourth-order valence-electron chi connectivity index (χ4n) is 5.68. The van der Waals surface area contributed by atoms with Crippen molar-refractivity contribution in [2.75, 3.05) is 25.0 Å². The minimum absolute atomic E-state index is 0.0648. The second-order valence-corrected chi connectivity index (χ2v) is 13.1. The zero-order valence-corrected chi connectivity index (χ0v) is 23.1. The Balaban J connectivity index is 1.19. The van der Waals surface area contributed by atoms with Gasteiger partial charge in [-0.25, -0.2) is 24.9 Å². The Bertz CT molecular complexity index is 1410. The van der Waals surface area contributed by atoms with Gasteiger partial charge in [-0.05, 0) is 77.0 Å². The highest BCUT2D eigenvalue weighted by Gasteiger charge is 2.33. The van der Waals surface area contributed by atoms with Crippen LogP contribution in [0.4, 0.5) is 5.82 Å². The van der Waals surface area contributed by atoms with Gasteiger partial charge in [-0.1, -0.05) is 11.9 Å². The highest BCUT2D eigenvalue weighted by atomic mass is 32.2. The molecular weight excluding hydrogens is 496 g/mol. The number of piperidine rings is 1. The van der Waals surface area contributed by atoms with Crippen LogP contribution in [0.1, 0.15) is 81.6 Å². The molecule has 3 aromatic rings. The molecule has 4 fully saturated rings. The van der Waals surface area contributed by atoms with Crippen molar-refractivity contribution in [3.63, 3.8) is 0 Å². The number of nitrogens with zero attached hydrogens (tertiary/aromatic N) is 7. The van der Waals surface area contributed by atoms with Gasteiger partial charge in [0.05, 0.1) is 23.1 Å². The van der Waals surface area contributed by atoms with Crippen molar-refractivity contribution in [1.29, 1.82) is 0 Å². The molecule has 3 saturated carbocycles. The molecule has 10 heteroatoms. The average Bonchev–Trinajstić information content (AvgIpc) is 3.75. The topological polar surface area (TPSA) is 102 Å². The third kappa shape index (κ3) is 4.93. The third-order valence-electron chi connectivity index (χ3n) is 8.55. The lowest BCUT2D eigenvalue weighted by atomic mass is 9.98. The van der Waals surface area contributed by atoms with Gasteiger partial charge in [-0.15, -0.1) is 0 Å². The van der Waals surface area contributed by atoms with Crippen LogP contribution in [0.5, 0.6) is 0 Å². The molecule has 0 aromatic carbocycles. The van der Waals surface area contributed by atoms with Gasteiger partial charge in [0.15, 0.2) is 17.3 Å². The molecule has 0 bridgehead atoms. The Morgan fingerprint density at radius 3 is 2.53 bits per heavy atom. The molecule has 1 aliphatic heterocycles. The van der Waals surface area contributed by atoms with Crippen molar-refractivity contribution in [3.8, 4) is 11.4 Å². The van der Waals surface area contributed by atoms with E-state index in [1.165, 1.54) is 12.8 Å². The summed E-state index contributed by atoms with van der Waals surface area (Å²) < 4.78 is 4.41. The smallest absolute Gasteiger partial charge is 0.295 e. The number of aryl methyl sites for hydroxylation is 1. The average molecular weight is 533 g/mol. The summed E-state index contributed by atoms with van der Waals surface area (Å²) in [5.41, 5.74) is 3.99. The lowest BCUT2D eigenvalue weighted by molar-refractivity contribution is 0.301. The van der Waals surface area contributed by atoms with Crippen molar-refractivity contribution in [2.45, 2.75) is 82.4 Å². The van der Waals surface area contributed by atoms with E-state index >= 15 is 0 Å². The minimum Gasteiger partial charge on any atom is -0.365 e. The maximum absolute atomic E-state index is 13.9. The van der Waals surface area contributed by atoms with Crippen LogP contribution in [-0.2, 0) is 0 Å². The second-order valence-electron chi connectivity index (χ2n) is 11.7. The first-order valence-corrected chi connectivity index (χ1v) is 15.2. The largest absolute Gasteiger partial charge is 0.365 e. The van der Waals surface area contributed by atoms with Gasteiger partial charge < -0.3 is 5.32 Å². The Kier molecular flexibility index (Phi) is 6.34. The molecule has 3 aromatic heterocycles. The van der Waals surface area contributed by atoms with Crippen LogP contribution in [0.3, 0.4) is 0 Å². The summed E-state index contributed by atoms with van der Waals surface area (Å²) in [6, 6.07) is 0.0648. The lowest BCUT2D eigenvalue weighted by Crippen LogP contribution is -2.34. The number of rotatable bonds is 9. The van der Waals surface area contributed by atoms with Crippen molar-refractivity contribution < 1.29 is 0 Å². The quantitative estimate of drug-likeness (QED) is 0.392. The monoisotopic (exact) mass is 532 g/mol. The zero-order chi connectivity index (χ0) is 25.8. The van der Waals surface area contributed by atoms with Crippen molar-refractivity contribution in [3.05, 3.63) is 34.3 Å². The Morgan fingerprint density at radius 1 is 1.03 bits per heavy atom. The van der Waals surface area contributed by atoms with E-state index in [1.807, 2.05) is 11.5 Å². The highest BCUT2D eigenvalue weighted by molar-refractivity contribution is 7.97. The third-order valence-corrected chi connectivity index (χ3v) is 9.98. The lowest BCUT2D eigenvalue weighted by Gasteiger charge is -2.31. The summed E-state index contributed by atoms with van der Waals surface area (Å²) in [4.78, 5) is 37.3. The molecule has 1 atom stereocenters. The van der Waals surface area contributed by atoms with E-state index < -0.39 is 0 Å². The summed E-state index contributed by atoms with van der Waals surface area (Å²) in [5, 5.41) is 4.30. The van der Waals surface area contributed by atoms with Crippen LogP contribution in [0.25, 0.3) is 22.6 Å². The van der Waals surface area contributed by atoms with Crippen LogP contribution >= 0.6 is 11.9 Å². The molecule has 9 nitrogen and oxygen atoms in total. The van der Waals surface area contributed by atoms with Gasteiger partial charge in [0.25, 0.3) is 5.56 Å². The predicted molar refractivity (Wildman–Crippen MR) is 150 cm³/mol. The summed E-state index contributed by atoms with van der Waals surface area (Å²) in [6.07, 6.45) is 13.0. The first kappa shape index (κ1) is 24.5. The molecule has 4 heterocycles. The molecule has 0 spiro atoms. The van der Waals surface area contributed by atoms with E-state index in [1.54, 1.807) is 12.5 Å². The van der Waals surface area contributed by atoms with Gasteiger partial charge in [0.1, 0.15) is 11.8 Å². The zero-order valence-electron chi connectivity index (χ0n) is 22.3. The molecule has 1 saturated heterocycles. The summed E-state index contributed by atoms with van der Waals surface area (Å²) >= 11 is 2.05.